The summed E-state index contributed by atoms with van der Waals surface area (Å²) in [7, 11) is 0. The van der Waals surface area contributed by atoms with Crippen LogP contribution in [0.25, 0.3) is 6.08 Å². The fourth-order valence-electron chi connectivity index (χ4n) is 1.82. The van der Waals surface area contributed by atoms with Crippen LogP contribution in [0.4, 0.5) is 5.69 Å². The predicted octanol–water partition coefficient (Wildman–Crippen LogP) is 5.00. The fraction of sp³-hybridized carbons (Fsp3) is 0.111. The van der Waals surface area contributed by atoms with Crippen molar-refractivity contribution < 1.29 is 4.79 Å². The molecule has 0 saturated heterocycles. The molecule has 2 aromatic carbocycles. The van der Waals surface area contributed by atoms with Crippen LogP contribution in [0.15, 0.2) is 59.5 Å². The standard InChI is InChI=1S/C18H15ClN2OS/c19-15-9-6-14(7-10-15)8-11-18(22)21-16-4-1-2-5-17(16)23-13-3-12-20/h1-2,4-11H,3,13H2,(H,21,22)/b11-8+. The van der Waals surface area contributed by atoms with Gasteiger partial charge in [-0.2, -0.15) is 5.26 Å². The molecule has 0 heterocycles. The first kappa shape index (κ1) is 17.1. The molecular weight excluding hydrogens is 328 g/mol. The number of anilines is 1. The Kier molecular flexibility index (Phi) is 6.74. The zero-order valence-electron chi connectivity index (χ0n) is 12.3. The molecule has 0 unspecified atom stereocenters. The highest BCUT2D eigenvalue weighted by atomic mass is 35.5. The van der Waals surface area contributed by atoms with E-state index in [-0.39, 0.29) is 5.91 Å². The second-order valence-electron chi connectivity index (χ2n) is 4.63. The molecule has 0 radical (unpaired) electrons. The zero-order chi connectivity index (χ0) is 16.5. The van der Waals surface area contributed by atoms with Crippen molar-refractivity contribution in [2.45, 2.75) is 11.3 Å². The van der Waals surface area contributed by atoms with Gasteiger partial charge >= 0.3 is 0 Å². The van der Waals surface area contributed by atoms with Crippen molar-refractivity contribution in [1.29, 1.82) is 5.26 Å². The number of para-hydroxylation sites is 1. The third-order valence-electron chi connectivity index (χ3n) is 2.91. The van der Waals surface area contributed by atoms with E-state index < -0.39 is 0 Å². The van der Waals surface area contributed by atoms with Gasteiger partial charge in [0, 0.05) is 28.2 Å². The molecule has 5 heteroatoms. The lowest BCUT2D eigenvalue weighted by atomic mass is 10.2. The van der Waals surface area contributed by atoms with E-state index >= 15 is 0 Å². The Morgan fingerprint density at radius 2 is 1.96 bits per heavy atom. The second-order valence-corrected chi connectivity index (χ2v) is 6.20. The van der Waals surface area contributed by atoms with Crippen molar-refractivity contribution in [3.63, 3.8) is 0 Å². The maximum Gasteiger partial charge on any atom is 0.248 e. The van der Waals surface area contributed by atoms with Crippen LogP contribution in [0.5, 0.6) is 0 Å². The smallest absolute Gasteiger partial charge is 0.248 e. The molecule has 1 amide bonds. The minimum absolute atomic E-state index is 0.201. The van der Waals surface area contributed by atoms with Gasteiger partial charge < -0.3 is 5.32 Å². The van der Waals surface area contributed by atoms with Gasteiger partial charge in [-0.05, 0) is 35.9 Å². The van der Waals surface area contributed by atoms with Crippen molar-refractivity contribution in [2.75, 3.05) is 11.1 Å². The highest BCUT2D eigenvalue weighted by molar-refractivity contribution is 7.99. The van der Waals surface area contributed by atoms with Gasteiger partial charge in [0.2, 0.25) is 5.91 Å². The van der Waals surface area contributed by atoms with E-state index in [0.29, 0.717) is 17.2 Å². The summed E-state index contributed by atoms with van der Waals surface area (Å²) in [6.07, 6.45) is 3.69. The molecule has 0 aromatic heterocycles. The Hall–Kier alpha value is -2.22. The average Bonchev–Trinajstić information content (AvgIpc) is 2.56. The molecule has 2 aromatic rings. The molecule has 0 aliphatic rings. The first-order valence-corrected chi connectivity index (χ1v) is 8.39. The van der Waals surface area contributed by atoms with Crippen LogP contribution in [0.1, 0.15) is 12.0 Å². The molecule has 0 fully saturated rings. The largest absolute Gasteiger partial charge is 0.321 e. The van der Waals surface area contributed by atoms with Gasteiger partial charge in [0.15, 0.2) is 0 Å². The number of hydrogen-bond donors (Lipinski definition) is 1. The predicted molar refractivity (Wildman–Crippen MR) is 96.5 cm³/mol. The normalized spacial score (nSPS) is 10.4. The van der Waals surface area contributed by atoms with E-state index in [1.54, 1.807) is 30.0 Å². The molecule has 0 atom stereocenters. The third kappa shape index (κ3) is 5.82. The summed E-state index contributed by atoms with van der Waals surface area (Å²) in [4.78, 5) is 13.0. The van der Waals surface area contributed by atoms with Gasteiger partial charge in [0.1, 0.15) is 0 Å². The third-order valence-corrected chi connectivity index (χ3v) is 4.24. The number of nitrogens with zero attached hydrogens (tertiary/aromatic N) is 1. The summed E-state index contributed by atoms with van der Waals surface area (Å²) in [5, 5.41) is 12.1. The van der Waals surface area contributed by atoms with Crippen LogP contribution >= 0.6 is 23.4 Å². The van der Waals surface area contributed by atoms with Crippen LogP contribution in [0.2, 0.25) is 5.02 Å². The number of nitriles is 1. The number of amides is 1. The van der Waals surface area contributed by atoms with Crippen LogP contribution in [-0.4, -0.2) is 11.7 Å². The fourth-order valence-corrected chi connectivity index (χ4v) is 2.81. The first-order chi connectivity index (χ1) is 11.2. The number of rotatable bonds is 6. The van der Waals surface area contributed by atoms with Crippen LogP contribution in [0.3, 0.4) is 0 Å². The molecular formula is C18H15ClN2OS. The van der Waals surface area contributed by atoms with E-state index in [9.17, 15) is 4.79 Å². The van der Waals surface area contributed by atoms with Crippen LogP contribution < -0.4 is 5.32 Å². The highest BCUT2D eigenvalue weighted by Gasteiger charge is 2.04. The van der Waals surface area contributed by atoms with Gasteiger partial charge in [0.05, 0.1) is 11.8 Å². The van der Waals surface area contributed by atoms with Crippen molar-refractivity contribution in [1.82, 2.24) is 0 Å². The number of carbonyl (C=O) groups excluding carboxylic acids is 1. The molecule has 0 aliphatic heterocycles. The minimum atomic E-state index is -0.201. The zero-order valence-corrected chi connectivity index (χ0v) is 13.9. The molecule has 23 heavy (non-hydrogen) atoms. The molecule has 116 valence electrons. The molecule has 0 aliphatic carbocycles. The quantitative estimate of drug-likeness (QED) is 0.456. The summed E-state index contributed by atoms with van der Waals surface area (Å²) in [6, 6.07) is 16.9. The Bertz CT molecular complexity index is 735. The van der Waals surface area contributed by atoms with E-state index in [4.69, 9.17) is 16.9 Å². The monoisotopic (exact) mass is 342 g/mol. The van der Waals surface area contributed by atoms with Gasteiger partial charge in [0.25, 0.3) is 0 Å². The Balaban J connectivity index is 1.99. The SMILES string of the molecule is N#CCCSc1ccccc1NC(=O)/C=C/c1ccc(Cl)cc1. The number of thioether (sulfide) groups is 1. The van der Waals surface area contributed by atoms with Crippen molar-refractivity contribution >= 4 is 41.0 Å². The van der Waals surface area contributed by atoms with Crippen molar-refractivity contribution in [2.24, 2.45) is 0 Å². The Morgan fingerprint density at radius 1 is 1.22 bits per heavy atom. The summed E-state index contributed by atoms with van der Waals surface area (Å²) < 4.78 is 0. The summed E-state index contributed by atoms with van der Waals surface area (Å²) in [5.74, 6) is 0.498. The highest BCUT2D eigenvalue weighted by Crippen LogP contribution is 2.27. The molecule has 1 N–H and O–H groups in total. The van der Waals surface area contributed by atoms with Crippen molar-refractivity contribution in [3.8, 4) is 6.07 Å². The van der Waals surface area contributed by atoms with E-state index in [1.807, 2.05) is 36.4 Å². The van der Waals surface area contributed by atoms with E-state index in [2.05, 4.69) is 11.4 Å². The lowest BCUT2D eigenvalue weighted by Crippen LogP contribution is -2.08. The first-order valence-electron chi connectivity index (χ1n) is 7.02. The van der Waals surface area contributed by atoms with Crippen molar-refractivity contribution in [3.05, 3.63) is 65.2 Å². The maximum absolute atomic E-state index is 12.0. The van der Waals surface area contributed by atoms with E-state index in [1.165, 1.54) is 6.08 Å². The number of carbonyl (C=O) groups is 1. The topological polar surface area (TPSA) is 52.9 Å². The summed E-state index contributed by atoms with van der Waals surface area (Å²) in [5.41, 5.74) is 1.66. The summed E-state index contributed by atoms with van der Waals surface area (Å²) >= 11 is 7.38. The second kappa shape index (κ2) is 9.04. The molecule has 3 nitrogen and oxygen atoms in total. The lowest BCUT2D eigenvalue weighted by Gasteiger charge is -2.08. The molecule has 0 saturated carbocycles. The average molecular weight is 343 g/mol. The minimum Gasteiger partial charge on any atom is -0.321 e. The Labute approximate surface area is 145 Å². The van der Waals surface area contributed by atoms with Gasteiger partial charge in [-0.3, -0.25) is 4.79 Å². The molecule has 0 spiro atoms. The number of benzene rings is 2. The molecule has 2 rings (SSSR count). The lowest BCUT2D eigenvalue weighted by molar-refractivity contribution is -0.111. The number of halogens is 1. The van der Waals surface area contributed by atoms with E-state index in [0.717, 1.165) is 16.1 Å². The Morgan fingerprint density at radius 3 is 2.70 bits per heavy atom. The number of hydrogen-bond acceptors (Lipinski definition) is 3. The number of nitrogens with one attached hydrogen (secondary N) is 1. The molecule has 0 bridgehead atoms. The van der Waals surface area contributed by atoms with Crippen LogP contribution in [-0.2, 0) is 4.79 Å². The van der Waals surface area contributed by atoms with Gasteiger partial charge in [-0.1, -0.05) is 35.9 Å². The van der Waals surface area contributed by atoms with Gasteiger partial charge in [-0.15, -0.1) is 11.8 Å². The summed E-state index contributed by atoms with van der Waals surface area (Å²) in [6.45, 7) is 0. The maximum atomic E-state index is 12.0. The van der Waals surface area contributed by atoms with Crippen LogP contribution in [0, 0.1) is 11.3 Å². The van der Waals surface area contributed by atoms with Gasteiger partial charge in [-0.25, -0.2) is 0 Å².